The Morgan fingerprint density at radius 1 is 1.36 bits per heavy atom. The van der Waals surface area contributed by atoms with Crippen LogP contribution in [0.5, 0.6) is 5.75 Å². The maximum Gasteiger partial charge on any atom is 0.230 e. The van der Waals surface area contributed by atoms with Gasteiger partial charge in [0.05, 0.1) is 12.1 Å². The minimum absolute atomic E-state index is 0.101. The maximum atomic E-state index is 12.2. The molecule has 2 heterocycles. The fraction of sp³-hybridized carbons (Fsp3) is 0.412. The minimum Gasteiger partial charge on any atom is -0.504 e. The van der Waals surface area contributed by atoms with Gasteiger partial charge in [-0.05, 0) is 31.0 Å². The molecule has 0 bridgehead atoms. The monoisotopic (exact) mass is 345 g/mol. The molecule has 2 aromatic heterocycles. The van der Waals surface area contributed by atoms with Gasteiger partial charge in [-0.15, -0.1) is 0 Å². The maximum absolute atomic E-state index is 12.2. The molecule has 0 aliphatic rings. The number of hydrogen-bond donors (Lipinski definition) is 3. The number of rotatable bonds is 7. The minimum atomic E-state index is -0.483. The molecule has 0 saturated carbocycles. The van der Waals surface area contributed by atoms with Gasteiger partial charge >= 0.3 is 0 Å². The molecule has 2 rings (SSSR count). The quantitative estimate of drug-likeness (QED) is 0.699. The van der Waals surface area contributed by atoms with E-state index in [-0.39, 0.29) is 29.4 Å². The number of aromatic hydroxyl groups is 1. The number of carbonyl (C=O) groups excluding carboxylic acids is 2. The van der Waals surface area contributed by atoms with Gasteiger partial charge in [0.15, 0.2) is 11.6 Å². The molecule has 8 heteroatoms. The largest absolute Gasteiger partial charge is 0.504 e. The van der Waals surface area contributed by atoms with Crippen LogP contribution in [-0.4, -0.2) is 37.7 Å². The summed E-state index contributed by atoms with van der Waals surface area (Å²) in [6.45, 7) is 3.48. The molecule has 8 nitrogen and oxygen atoms in total. The topological polar surface area (TPSA) is 109 Å². The van der Waals surface area contributed by atoms with E-state index in [0.29, 0.717) is 12.8 Å². The number of pyridine rings is 1. The molecule has 0 aromatic carbocycles. The van der Waals surface area contributed by atoms with Crippen LogP contribution >= 0.6 is 0 Å². The smallest absolute Gasteiger partial charge is 0.230 e. The Morgan fingerprint density at radius 3 is 2.76 bits per heavy atom. The fourth-order valence-corrected chi connectivity index (χ4v) is 2.26. The van der Waals surface area contributed by atoms with Crippen molar-refractivity contribution in [2.24, 2.45) is 13.0 Å². The van der Waals surface area contributed by atoms with E-state index in [1.54, 1.807) is 30.8 Å². The van der Waals surface area contributed by atoms with Crippen LogP contribution in [0.4, 0.5) is 5.82 Å². The second-order valence-corrected chi connectivity index (χ2v) is 6.03. The van der Waals surface area contributed by atoms with Crippen molar-refractivity contribution in [2.45, 2.75) is 32.7 Å². The second-order valence-electron chi connectivity index (χ2n) is 6.03. The Kier molecular flexibility index (Phi) is 6.10. The van der Waals surface area contributed by atoms with Gasteiger partial charge in [-0.3, -0.25) is 14.3 Å². The molecule has 0 spiro atoms. The van der Waals surface area contributed by atoms with Crippen molar-refractivity contribution >= 4 is 17.6 Å². The lowest BCUT2D eigenvalue weighted by Crippen LogP contribution is -2.42. The standard InChI is InChI=1S/C17H23N5O3/c1-11(17(25)21-16-14(23)5-4-8-18-16)12(2)20-15(24)7-6-13-9-19-22(3)10-13/h4-5,8-12,23H,6-7H2,1-3H3,(H,20,24)(H,18,21,25). The molecule has 3 N–H and O–H groups in total. The van der Waals surface area contributed by atoms with Gasteiger partial charge in [0, 0.05) is 31.9 Å². The van der Waals surface area contributed by atoms with Crippen LogP contribution in [0, 0.1) is 5.92 Å². The van der Waals surface area contributed by atoms with E-state index >= 15 is 0 Å². The van der Waals surface area contributed by atoms with Crippen molar-refractivity contribution < 1.29 is 14.7 Å². The number of aryl methyl sites for hydroxylation is 2. The molecule has 2 unspecified atom stereocenters. The van der Waals surface area contributed by atoms with Crippen LogP contribution in [0.1, 0.15) is 25.8 Å². The van der Waals surface area contributed by atoms with Crippen LogP contribution in [0.3, 0.4) is 0 Å². The molecule has 0 saturated heterocycles. The van der Waals surface area contributed by atoms with Crippen molar-refractivity contribution in [3.05, 3.63) is 36.3 Å². The van der Waals surface area contributed by atoms with Crippen LogP contribution in [0.15, 0.2) is 30.7 Å². The summed E-state index contributed by atoms with van der Waals surface area (Å²) in [5.41, 5.74) is 0.988. The number of amides is 2. The van der Waals surface area contributed by atoms with Crippen molar-refractivity contribution in [1.29, 1.82) is 0 Å². The molecular formula is C17H23N5O3. The lowest BCUT2D eigenvalue weighted by Gasteiger charge is -2.20. The Hall–Kier alpha value is -2.90. The molecule has 25 heavy (non-hydrogen) atoms. The Morgan fingerprint density at radius 2 is 2.12 bits per heavy atom. The summed E-state index contributed by atoms with van der Waals surface area (Å²) in [6.07, 6.45) is 5.99. The van der Waals surface area contributed by atoms with Crippen molar-refractivity contribution in [3.8, 4) is 5.75 Å². The van der Waals surface area contributed by atoms with E-state index in [2.05, 4.69) is 20.7 Å². The van der Waals surface area contributed by atoms with Gasteiger partial charge in [-0.25, -0.2) is 4.98 Å². The highest BCUT2D eigenvalue weighted by Crippen LogP contribution is 2.19. The molecule has 0 aliphatic heterocycles. The summed E-state index contributed by atoms with van der Waals surface area (Å²) in [6, 6.07) is 2.66. The average molecular weight is 345 g/mol. The Balaban J connectivity index is 1.82. The molecule has 2 atom stereocenters. The molecule has 0 aliphatic carbocycles. The lowest BCUT2D eigenvalue weighted by molar-refractivity contribution is -0.123. The van der Waals surface area contributed by atoms with E-state index in [0.717, 1.165) is 5.56 Å². The van der Waals surface area contributed by atoms with Gasteiger partial charge < -0.3 is 15.7 Å². The normalized spacial score (nSPS) is 13.1. The van der Waals surface area contributed by atoms with Crippen LogP contribution in [0.25, 0.3) is 0 Å². The SMILES string of the molecule is CC(NC(=O)CCc1cnn(C)c1)C(C)C(=O)Nc1ncccc1O. The van der Waals surface area contributed by atoms with E-state index in [9.17, 15) is 14.7 Å². The van der Waals surface area contributed by atoms with Gasteiger partial charge in [-0.1, -0.05) is 6.92 Å². The first-order chi connectivity index (χ1) is 11.9. The van der Waals surface area contributed by atoms with Crippen molar-refractivity contribution in [3.63, 3.8) is 0 Å². The molecule has 134 valence electrons. The summed E-state index contributed by atoms with van der Waals surface area (Å²) in [7, 11) is 1.82. The van der Waals surface area contributed by atoms with Crippen LogP contribution < -0.4 is 10.6 Å². The second kappa shape index (κ2) is 8.27. The number of aromatic nitrogens is 3. The number of nitrogens with zero attached hydrogens (tertiary/aromatic N) is 3. The first-order valence-electron chi connectivity index (χ1n) is 8.08. The zero-order valence-electron chi connectivity index (χ0n) is 14.6. The molecular weight excluding hydrogens is 322 g/mol. The van der Waals surface area contributed by atoms with Crippen LogP contribution in [0.2, 0.25) is 0 Å². The number of nitrogens with one attached hydrogen (secondary N) is 2. The first-order valence-corrected chi connectivity index (χ1v) is 8.08. The van der Waals surface area contributed by atoms with E-state index in [4.69, 9.17) is 0 Å². The number of hydrogen-bond acceptors (Lipinski definition) is 5. The Bertz CT molecular complexity index is 743. The van der Waals surface area contributed by atoms with Crippen LogP contribution in [-0.2, 0) is 23.1 Å². The molecule has 2 aromatic rings. The van der Waals surface area contributed by atoms with Gasteiger partial charge in [0.1, 0.15) is 0 Å². The fourth-order valence-electron chi connectivity index (χ4n) is 2.26. The number of carbonyl (C=O) groups is 2. The third kappa shape index (κ3) is 5.30. The van der Waals surface area contributed by atoms with E-state index in [1.165, 1.54) is 12.3 Å². The van der Waals surface area contributed by atoms with Gasteiger partial charge in [-0.2, -0.15) is 5.10 Å². The molecule has 2 amide bonds. The van der Waals surface area contributed by atoms with E-state index in [1.807, 2.05) is 13.2 Å². The van der Waals surface area contributed by atoms with E-state index < -0.39 is 5.92 Å². The van der Waals surface area contributed by atoms with Gasteiger partial charge in [0.2, 0.25) is 11.8 Å². The predicted molar refractivity (Wildman–Crippen MR) is 92.8 cm³/mol. The summed E-state index contributed by atoms with van der Waals surface area (Å²) < 4.78 is 1.69. The zero-order chi connectivity index (χ0) is 18.4. The zero-order valence-corrected chi connectivity index (χ0v) is 14.6. The highest BCUT2D eigenvalue weighted by molar-refractivity contribution is 5.93. The summed E-state index contributed by atoms with van der Waals surface area (Å²) >= 11 is 0. The highest BCUT2D eigenvalue weighted by Gasteiger charge is 2.22. The Labute approximate surface area is 146 Å². The average Bonchev–Trinajstić information content (AvgIpc) is 2.99. The summed E-state index contributed by atoms with van der Waals surface area (Å²) in [5, 5.41) is 19.1. The third-order valence-corrected chi connectivity index (χ3v) is 3.98. The first kappa shape index (κ1) is 18.4. The van der Waals surface area contributed by atoms with Crippen molar-refractivity contribution in [2.75, 3.05) is 5.32 Å². The number of anilines is 1. The molecule has 0 radical (unpaired) electrons. The lowest BCUT2D eigenvalue weighted by atomic mass is 10.0. The summed E-state index contributed by atoms with van der Waals surface area (Å²) in [5.74, 6) is -0.930. The van der Waals surface area contributed by atoms with Gasteiger partial charge in [0.25, 0.3) is 0 Å². The molecule has 0 fully saturated rings. The summed E-state index contributed by atoms with van der Waals surface area (Å²) in [4.78, 5) is 28.2. The van der Waals surface area contributed by atoms with Crippen molar-refractivity contribution in [1.82, 2.24) is 20.1 Å². The predicted octanol–water partition coefficient (Wildman–Crippen LogP) is 1.23. The third-order valence-electron chi connectivity index (χ3n) is 3.98. The highest BCUT2D eigenvalue weighted by atomic mass is 16.3.